The molecular weight excluding hydrogens is 345 g/mol. The molecule has 0 aromatic carbocycles. The third-order valence-corrected chi connectivity index (χ3v) is 3.87. The molecule has 6 nitrogen and oxygen atoms in total. The predicted octanol–water partition coefficient (Wildman–Crippen LogP) is 1.06. The van der Waals surface area contributed by atoms with E-state index in [1.807, 2.05) is 6.29 Å². The average molecular weight is 381 g/mol. The fraction of sp³-hybridized carbons (Fsp3) is 0.842. The molecule has 7 heteroatoms. The van der Waals surface area contributed by atoms with Gasteiger partial charge in [0, 0.05) is 6.42 Å². The smallest absolute Gasteiger partial charge is 0.542 e. The van der Waals surface area contributed by atoms with Crippen molar-refractivity contribution in [3.8, 4) is 0 Å². The van der Waals surface area contributed by atoms with Crippen molar-refractivity contribution in [3.63, 3.8) is 0 Å². The molecule has 0 rings (SSSR count). The molecule has 0 unspecified atom stereocenters. The Morgan fingerprint density at radius 3 is 1.65 bits per heavy atom. The number of rotatable bonds is 16. The third-order valence-electron chi connectivity index (χ3n) is 3.87. The number of unbranched alkanes of at least 4 members (excludes halogenated alkanes) is 11. The van der Waals surface area contributed by atoms with Crippen LogP contribution in [0.25, 0.3) is 0 Å². The standard InChI is InChI=1S/C14H27O.C5H9NO4.Na/c1-2-3-4-5-6-7-8-9-10-11-12-13-14-15;6-3(5(9)10)1-2-4(7)8;/h2-13H2,1H3;3H,1-2,6H2,(H,7,8)(H,9,10);/q-1;;+1/t;3-;/m.0./s1. The van der Waals surface area contributed by atoms with Crippen molar-refractivity contribution in [1.29, 1.82) is 0 Å². The number of hydrogen-bond donors (Lipinski definition) is 3. The van der Waals surface area contributed by atoms with Crippen molar-refractivity contribution >= 4 is 18.2 Å². The van der Waals surface area contributed by atoms with Crippen LogP contribution < -0.4 is 35.3 Å². The fourth-order valence-electron chi connectivity index (χ4n) is 2.26. The van der Waals surface area contributed by atoms with Crippen LogP contribution in [0.1, 0.15) is 96.8 Å². The topological polar surface area (TPSA) is 118 Å². The third kappa shape index (κ3) is 28.4. The van der Waals surface area contributed by atoms with Crippen LogP contribution in [0.5, 0.6) is 0 Å². The van der Waals surface area contributed by atoms with E-state index in [2.05, 4.69) is 6.92 Å². The number of carbonyl (C=O) groups is 2. The monoisotopic (exact) mass is 381 g/mol. The Morgan fingerprint density at radius 2 is 1.31 bits per heavy atom. The van der Waals surface area contributed by atoms with E-state index in [1.54, 1.807) is 0 Å². The van der Waals surface area contributed by atoms with Gasteiger partial charge in [0.05, 0.1) is 0 Å². The van der Waals surface area contributed by atoms with Gasteiger partial charge < -0.3 is 20.7 Å². The first kappa shape index (κ1) is 30.3. The van der Waals surface area contributed by atoms with Crippen molar-refractivity contribution in [3.05, 3.63) is 0 Å². The zero-order valence-electron chi connectivity index (χ0n) is 16.7. The molecule has 148 valence electrons. The van der Waals surface area contributed by atoms with E-state index < -0.39 is 18.0 Å². The number of nitrogens with two attached hydrogens (primary N) is 1. The van der Waals surface area contributed by atoms with Gasteiger partial charge >= 0.3 is 41.5 Å². The molecule has 0 aromatic heterocycles. The number of carboxylic acids is 2. The van der Waals surface area contributed by atoms with E-state index in [0.29, 0.717) is 6.42 Å². The van der Waals surface area contributed by atoms with Crippen LogP contribution in [0, 0.1) is 0 Å². The predicted molar refractivity (Wildman–Crippen MR) is 99.3 cm³/mol. The van der Waals surface area contributed by atoms with Crippen LogP contribution in [0.4, 0.5) is 0 Å². The van der Waals surface area contributed by atoms with Crippen molar-refractivity contribution in [2.45, 2.75) is 103 Å². The van der Waals surface area contributed by atoms with Crippen LogP contribution in [0.2, 0.25) is 0 Å². The van der Waals surface area contributed by atoms with Crippen LogP contribution >= 0.6 is 0 Å². The van der Waals surface area contributed by atoms with Crippen molar-refractivity contribution in [2.75, 3.05) is 0 Å². The number of carbonyl (C=O) groups excluding carboxylic acids is 1. The summed E-state index contributed by atoms with van der Waals surface area (Å²) in [5, 5.41) is 16.3. The molecular formula is C19H36NNaO5. The molecule has 0 amide bonds. The van der Waals surface area contributed by atoms with Gasteiger partial charge in [0.15, 0.2) is 0 Å². The molecule has 0 saturated heterocycles. The minimum absolute atomic E-state index is 0. The Hall–Kier alpha value is -0.430. The van der Waals surface area contributed by atoms with Gasteiger partial charge in [0.2, 0.25) is 0 Å². The van der Waals surface area contributed by atoms with E-state index >= 15 is 0 Å². The quantitative estimate of drug-likeness (QED) is 0.209. The molecule has 0 radical (unpaired) electrons. The van der Waals surface area contributed by atoms with Gasteiger partial charge in [-0.3, -0.25) is 15.9 Å². The summed E-state index contributed by atoms with van der Waals surface area (Å²) >= 11 is 0. The van der Waals surface area contributed by atoms with E-state index in [1.165, 1.54) is 64.2 Å². The van der Waals surface area contributed by atoms with Gasteiger partial charge in [-0.1, -0.05) is 77.6 Å². The molecule has 0 spiro atoms. The number of hydrogen-bond acceptors (Lipinski definition) is 4. The van der Waals surface area contributed by atoms with E-state index in [4.69, 9.17) is 15.9 Å². The zero-order chi connectivity index (χ0) is 19.3. The van der Waals surface area contributed by atoms with E-state index in [9.17, 15) is 14.4 Å². The average Bonchev–Trinajstić information content (AvgIpc) is 2.58. The summed E-state index contributed by atoms with van der Waals surface area (Å²) in [7, 11) is 0. The zero-order valence-corrected chi connectivity index (χ0v) is 18.7. The van der Waals surface area contributed by atoms with Gasteiger partial charge in [-0.05, 0) is 6.42 Å². The second-order valence-corrected chi connectivity index (χ2v) is 6.31. The molecule has 0 aliphatic carbocycles. The van der Waals surface area contributed by atoms with Crippen LogP contribution in [0.3, 0.4) is 0 Å². The summed E-state index contributed by atoms with van der Waals surface area (Å²) in [4.78, 5) is 29.8. The normalized spacial score (nSPS) is 10.8. The van der Waals surface area contributed by atoms with Crippen molar-refractivity contribution in [2.24, 2.45) is 5.73 Å². The number of carboxylic acid groups (broad SMARTS) is 2. The maximum atomic E-state index is 9.99. The largest absolute Gasteiger partial charge is 1.00 e. The summed E-state index contributed by atoms with van der Waals surface area (Å²) in [5.41, 5.74) is 5.00. The molecule has 4 N–H and O–H groups in total. The van der Waals surface area contributed by atoms with Gasteiger partial charge in [0.25, 0.3) is 0 Å². The van der Waals surface area contributed by atoms with Crippen LogP contribution in [-0.2, 0) is 14.4 Å². The molecule has 0 fully saturated rings. The molecule has 0 aliphatic heterocycles. The molecule has 0 heterocycles. The summed E-state index contributed by atoms with van der Waals surface area (Å²) in [6, 6.07) is -1.06. The van der Waals surface area contributed by atoms with E-state index in [0.717, 1.165) is 6.42 Å². The molecule has 0 saturated carbocycles. The molecule has 0 bridgehead atoms. The first-order valence-electron chi connectivity index (χ1n) is 9.50. The van der Waals surface area contributed by atoms with E-state index in [-0.39, 0.29) is 42.4 Å². The maximum absolute atomic E-state index is 9.99. The second-order valence-electron chi connectivity index (χ2n) is 6.31. The van der Waals surface area contributed by atoms with Crippen molar-refractivity contribution in [1.82, 2.24) is 0 Å². The first-order chi connectivity index (χ1) is 12.0. The van der Waals surface area contributed by atoms with Gasteiger partial charge in [0.1, 0.15) is 6.04 Å². The molecule has 0 aromatic rings. The SMILES string of the molecule is CCCCCCCCCCCCC[C-]=O.N[C@@H](CCC(=O)O)C(=O)O.[Na+]. The molecule has 0 aliphatic rings. The fourth-order valence-corrected chi connectivity index (χ4v) is 2.26. The van der Waals surface area contributed by atoms with Crippen molar-refractivity contribution < 1.29 is 54.2 Å². The Bertz CT molecular complexity index is 340. The Morgan fingerprint density at radius 1 is 0.885 bits per heavy atom. The minimum Gasteiger partial charge on any atom is -0.542 e. The van der Waals surface area contributed by atoms with Crippen LogP contribution in [-0.4, -0.2) is 34.5 Å². The maximum Gasteiger partial charge on any atom is 1.00 e. The van der Waals surface area contributed by atoms with Crippen LogP contribution in [0.15, 0.2) is 0 Å². The molecule has 26 heavy (non-hydrogen) atoms. The Balaban J connectivity index is -0.000000422. The van der Waals surface area contributed by atoms with Gasteiger partial charge in [-0.15, -0.1) is 0 Å². The Labute approximate surface area is 180 Å². The summed E-state index contributed by atoms with van der Waals surface area (Å²) in [6.45, 7) is 2.26. The molecule has 1 atom stereocenters. The van der Waals surface area contributed by atoms with Gasteiger partial charge in [-0.25, -0.2) is 0 Å². The summed E-state index contributed by atoms with van der Waals surface area (Å²) in [6.07, 6.45) is 17.1. The number of aliphatic carboxylic acids is 2. The Kier molecular flexibility index (Phi) is 28.6. The summed E-state index contributed by atoms with van der Waals surface area (Å²) in [5.74, 6) is -2.20. The first-order valence-corrected chi connectivity index (χ1v) is 9.50. The summed E-state index contributed by atoms with van der Waals surface area (Å²) < 4.78 is 0. The minimum atomic E-state index is -1.17. The van der Waals surface area contributed by atoms with Gasteiger partial charge in [-0.2, -0.15) is 6.42 Å². The second kappa shape index (κ2) is 24.6.